The number of thiophene rings is 1. The first-order chi connectivity index (χ1) is 7.86. The Hall–Kier alpha value is -0.380. The molecule has 0 amide bonds. The lowest BCUT2D eigenvalue weighted by molar-refractivity contribution is 0.422. The fourth-order valence-electron chi connectivity index (χ4n) is 1.93. The maximum absolute atomic E-state index is 5.59. The van der Waals surface area contributed by atoms with Gasteiger partial charge in [-0.15, -0.1) is 0 Å². The van der Waals surface area contributed by atoms with Crippen LogP contribution in [0, 0.1) is 5.92 Å². The molecule has 0 aliphatic heterocycles. The number of hydrogen-bond acceptors (Lipinski definition) is 3. The van der Waals surface area contributed by atoms with Crippen molar-refractivity contribution in [1.82, 2.24) is 5.32 Å². The van der Waals surface area contributed by atoms with Crippen molar-refractivity contribution in [2.24, 2.45) is 11.7 Å². The van der Waals surface area contributed by atoms with Crippen molar-refractivity contribution >= 4 is 11.3 Å². The molecule has 0 aliphatic carbocycles. The van der Waals surface area contributed by atoms with Gasteiger partial charge >= 0.3 is 0 Å². The number of nitrogens with one attached hydrogen (secondary N) is 1. The first-order valence-corrected chi connectivity index (χ1v) is 7.23. The lowest BCUT2D eigenvalue weighted by Gasteiger charge is -2.13. The summed E-state index contributed by atoms with van der Waals surface area (Å²) >= 11 is 1.76. The highest BCUT2D eigenvalue weighted by Gasteiger charge is 2.04. The minimum Gasteiger partial charge on any atom is -0.330 e. The lowest BCUT2D eigenvalue weighted by Crippen LogP contribution is -2.16. The van der Waals surface area contributed by atoms with Crippen LogP contribution < -0.4 is 11.1 Å². The summed E-state index contributed by atoms with van der Waals surface area (Å²) in [7, 11) is 0. The van der Waals surface area contributed by atoms with Crippen LogP contribution in [-0.4, -0.2) is 13.1 Å². The maximum Gasteiger partial charge on any atom is 0.0213 e. The van der Waals surface area contributed by atoms with Crippen LogP contribution >= 0.6 is 11.3 Å². The molecule has 0 saturated carbocycles. The van der Waals surface area contributed by atoms with Crippen LogP contribution in [0.25, 0.3) is 0 Å². The van der Waals surface area contributed by atoms with E-state index in [1.807, 2.05) is 0 Å². The van der Waals surface area contributed by atoms with Gasteiger partial charge in [0, 0.05) is 6.54 Å². The summed E-state index contributed by atoms with van der Waals surface area (Å²) < 4.78 is 0. The molecule has 0 aromatic carbocycles. The molecular weight excluding hydrogens is 216 g/mol. The summed E-state index contributed by atoms with van der Waals surface area (Å²) in [6.07, 6.45) is 5.02. The Bertz CT molecular complexity index is 246. The van der Waals surface area contributed by atoms with Crippen molar-refractivity contribution in [1.29, 1.82) is 0 Å². The van der Waals surface area contributed by atoms with Crippen LogP contribution in [0.1, 0.15) is 38.2 Å². The topological polar surface area (TPSA) is 38.0 Å². The molecule has 1 aromatic rings. The molecule has 2 nitrogen and oxygen atoms in total. The Labute approximate surface area is 103 Å². The van der Waals surface area contributed by atoms with E-state index in [0.29, 0.717) is 0 Å². The highest BCUT2D eigenvalue weighted by atomic mass is 32.1. The van der Waals surface area contributed by atoms with Crippen LogP contribution in [0.15, 0.2) is 16.8 Å². The first kappa shape index (κ1) is 13.7. The Kier molecular flexibility index (Phi) is 7.47. The maximum atomic E-state index is 5.59. The van der Waals surface area contributed by atoms with Crippen LogP contribution in [0.2, 0.25) is 0 Å². The monoisotopic (exact) mass is 240 g/mol. The molecule has 3 heteroatoms. The molecule has 0 aliphatic rings. The second-order valence-electron chi connectivity index (χ2n) is 4.30. The third-order valence-electron chi connectivity index (χ3n) is 3.03. The van der Waals surface area contributed by atoms with Gasteiger partial charge in [-0.3, -0.25) is 0 Å². The summed E-state index contributed by atoms with van der Waals surface area (Å²) in [6.45, 7) is 5.23. The zero-order chi connectivity index (χ0) is 11.6. The molecule has 0 bridgehead atoms. The molecular formula is C13H24N2S. The van der Waals surface area contributed by atoms with Gasteiger partial charge in [0.05, 0.1) is 0 Å². The Balaban J connectivity index is 1.98. The van der Waals surface area contributed by atoms with Gasteiger partial charge in [-0.05, 0) is 60.7 Å². The van der Waals surface area contributed by atoms with E-state index in [-0.39, 0.29) is 0 Å². The molecule has 1 rings (SSSR count). The Morgan fingerprint density at radius 2 is 2.31 bits per heavy atom. The summed E-state index contributed by atoms with van der Waals surface area (Å²) in [6, 6.07) is 2.18. The van der Waals surface area contributed by atoms with Crippen LogP contribution in [0.4, 0.5) is 0 Å². The van der Waals surface area contributed by atoms with Gasteiger partial charge in [0.2, 0.25) is 0 Å². The van der Waals surface area contributed by atoms with Gasteiger partial charge in [-0.1, -0.05) is 13.3 Å². The molecule has 1 unspecified atom stereocenters. The zero-order valence-corrected chi connectivity index (χ0v) is 11.1. The molecule has 1 heterocycles. The third-order valence-corrected chi connectivity index (χ3v) is 3.76. The van der Waals surface area contributed by atoms with Gasteiger partial charge in [0.25, 0.3) is 0 Å². The summed E-state index contributed by atoms with van der Waals surface area (Å²) in [5.74, 6) is 0.827. The third kappa shape index (κ3) is 5.64. The molecule has 0 saturated heterocycles. The van der Waals surface area contributed by atoms with E-state index in [2.05, 4.69) is 29.1 Å². The quantitative estimate of drug-likeness (QED) is 0.651. The Morgan fingerprint density at radius 3 is 2.94 bits per heavy atom. The van der Waals surface area contributed by atoms with Gasteiger partial charge in [-0.2, -0.15) is 11.3 Å². The summed E-state index contributed by atoms with van der Waals surface area (Å²) in [4.78, 5) is 0. The van der Waals surface area contributed by atoms with Gasteiger partial charge < -0.3 is 11.1 Å². The molecule has 16 heavy (non-hydrogen) atoms. The summed E-state index contributed by atoms with van der Waals surface area (Å²) in [5.41, 5.74) is 6.99. The zero-order valence-electron chi connectivity index (χ0n) is 10.2. The molecule has 0 spiro atoms. The fourth-order valence-corrected chi connectivity index (χ4v) is 2.60. The molecule has 1 atom stereocenters. The van der Waals surface area contributed by atoms with E-state index < -0.39 is 0 Å². The van der Waals surface area contributed by atoms with Crippen molar-refractivity contribution in [2.45, 2.75) is 39.2 Å². The minimum atomic E-state index is 0.827. The van der Waals surface area contributed by atoms with E-state index in [1.165, 1.54) is 31.2 Å². The SMILES string of the molecule is CCC(CCN)CCCNCc1ccsc1. The second-order valence-corrected chi connectivity index (χ2v) is 5.08. The van der Waals surface area contributed by atoms with Gasteiger partial charge in [0.15, 0.2) is 0 Å². The van der Waals surface area contributed by atoms with E-state index in [1.54, 1.807) is 11.3 Å². The fraction of sp³-hybridized carbons (Fsp3) is 0.692. The largest absolute Gasteiger partial charge is 0.330 e. The van der Waals surface area contributed by atoms with Crippen LogP contribution in [0.3, 0.4) is 0 Å². The first-order valence-electron chi connectivity index (χ1n) is 6.28. The van der Waals surface area contributed by atoms with Gasteiger partial charge in [0.1, 0.15) is 0 Å². The smallest absolute Gasteiger partial charge is 0.0213 e. The van der Waals surface area contributed by atoms with Crippen molar-refractivity contribution in [3.05, 3.63) is 22.4 Å². The van der Waals surface area contributed by atoms with Gasteiger partial charge in [-0.25, -0.2) is 0 Å². The van der Waals surface area contributed by atoms with E-state index in [4.69, 9.17) is 5.73 Å². The molecule has 92 valence electrons. The summed E-state index contributed by atoms with van der Waals surface area (Å²) in [5, 5.41) is 7.82. The second kappa shape index (κ2) is 8.74. The predicted molar refractivity (Wildman–Crippen MR) is 72.7 cm³/mol. The van der Waals surface area contributed by atoms with Crippen LogP contribution in [-0.2, 0) is 6.54 Å². The average molecular weight is 240 g/mol. The van der Waals surface area contributed by atoms with Crippen molar-refractivity contribution < 1.29 is 0 Å². The normalized spacial score (nSPS) is 12.9. The number of nitrogens with two attached hydrogens (primary N) is 1. The minimum absolute atomic E-state index is 0.827. The highest BCUT2D eigenvalue weighted by molar-refractivity contribution is 7.07. The van der Waals surface area contributed by atoms with E-state index >= 15 is 0 Å². The number of rotatable bonds is 9. The molecule has 0 radical (unpaired) electrons. The van der Waals surface area contributed by atoms with Crippen molar-refractivity contribution in [3.63, 3.8) is 0 Å². The van der Waals surface area contributed by atoms with Crippen molar-refractivity contribution in [2.75, 3.05) is 13.1 Å². The molecule has 3 N–H and O–H groups in total. The number of hydrogen-bond donors (Lipinski definition) is 2. The lowest BCUT2D eigenvalue weighted by atomic mass is 9.97. The van der Waals surface area contributed by atoms with Crippen molar-refractivity contribution in [3.8, 4) is 0 Å². The molecule has 1 aromatic heterocycles. The van der Waals surface area contributed by atoms with Crippen LogP contribution in [0.5, 0.6) is 0 Å². The highest BCUT2D eigenvalue weighted by Crippen LogP contribution is 2.13. The standard InChI is InChI=1S/C13H24N2S/c1-2-12(5-7-14)4-3-8-15-10-13-6-9-16-11-13/h6,9,11-12,15H,2-5,7-8,10,14H2,1H3. The molecule has 0 fully saturated rings. The van der Waals surface area contributed by atoms with E-state index in [9.17, 15) is 0 Å². The predicted octanol–water partition coefficient (Wildman–Crippen LogP) is 2.99. The average Bonchev–Trinajstić information content (AvgIpc) is 2.80. The van der Waals surface area contributed by atoms with E-state index in [0.717, 1.165) is 25.6 Å². The Morgan fingerprint density at radius 1 is 1.44 bits per heavy atom.